The quantitative estimate of drug-likeness (QED) is 0.146. The molecule has 0 saturated carbocycles. The van der Waals surface area contributed by atoms with Crippen molar-refractivity contribution < 1.29 is 0 Å². The van der Waals surface area contributed by atoms with Gasteiger partial charge in [0.05, 0.1) is 11.0 Å². The van der Waals surface area contributed by atoms with Gasteiger partial charge >= 0.3 is 0 Å². The number of aromatic nitrogens is 4. The molecule has 0 spiro atoms. The van der Waals surface area contributed by atoms with E-state index in [4.69, 9.17) is 9.97 Å². The fourth-order valence-electron chi connectivity index (χ4n) is 8.71. The minimum atomic E-state index is 0.657. The number of rotatable bonds is 9. The number of benzene rings is 9. The summed E-state index contributed by atoms with van der Waals surface area (Å²) in [5.41, 5.74) is 15.6. The maximum absolute atomic E-state index is 4.88. The van der Waals surface area contributed by atoms with Gasteiger partial charge in [-0.3, -0.25) is 0 Å². The fourth-order valence-corrected chi connectivity index (χ4v) is 8.71. The molecule has 63 heavy (non-hydrogen) atoms. The van der Waals surface area contributed by atoms with E-state index in [-0.39, 0.29) is 0 Å². The molecule has 2 heterocycles. The highest BCUT2D eigenvalue weighted by molar-refractivity contribution is 6.13. The molecule has 0 bridgehead atoms. The lowest BCUT2D eigenvalue weighted by Crippen LogP contribution is -2.09. The van der Waals surface area contributed by atoms with Crippen LogP contribution < -0.4 is 4.90 Å². The van der Waals surface area contributed by atoms with Crippen molar-refractivity contribution in [3.05, 3.63) is 236 Å². The van der Waals surface area contributed by atoms with Crippen molar-refractivity contribution in [3.63, 3.8) is 0 Å². The second kappa shape index (κ2) is 16.2. The molecule has 0 amide bonds. The Morgan fingerprint density at radius 1 is 0.333 bits per heavy atom. The van der Waals surface area contributed by atoms with Gasteiger partial charge in [0, 0.05) is 50.2 Å². The van der Waals surface area contributed by atoms with Gasteiger partial charge in [0.15, 0.2) is 11.6 Å². The van der Waals surface area contributed by atoms with Crippen molar-refractivity contribution in [2.45, 2.75) is 6.92 Å². The van der Waals surface area contributed by atoms with Gasteiger partial charge in [0.25, 0.3) is 0 Å². The van der Waals surface area contributed by atoms with Gasteiger partial charge in [-0.25, -0.2) is 15.0 Å². The minimum absolute atomic E-state index is 0.657. The number of anilines is 3. The number of fused-ring (bicyclic) bond motifs is 3. The molecule has 298 valence electrons. The number of hydrogen-bond acceptors (Lipinski definition) is 4. The molecular weight excluding hydrogens is 767 g/mol. The summed E-state index contributed by atoms with van der Waals surface area (Å²) < 4.78 is 2.39. The Labute approximate surface area is 366 Å². The molecule has 0 aliphatic carbocycles. The van der Waals surface area contributed by atoms with Crippen molar-refractivity contribution >= 4 is 38.9 Å². The number of para-hydroxylation sites is 2. The highest BCUT2D eigenvalue weighted by Crippen LogP contribution is 2.41. The summed E-state index contributed by atoms with van der Waals surface area (Å²) in [6, 6.07) is 81.8. The van der Waals surface area contributed by atoms with E-state index >= 15 is 0 Å². The zero-order valence-electron chi connectivity index (χ0n) is 34.7. The molecule has 11 aromatic rings. The summed E-state index contributed by atoms with van der Waals surface area (Å²) in [5, 5.41) is 2.41. The first-order valence-corrected chi connectivity index (χ1v) is 21.3. The highest BCUT2D eigenvalue weighted by atomic mass is 15.1. The second-order valence-corrected chi connectivity index (χ2v) is 15.7. The molecule has 5 heteroatoms. The van der Waals surface area contributed by atoms with Crippen LogP contribution in [0.25, 0.3) is 83.6 Å². The Kier molecular flexibility index (Phi) is 9.68. The lowest BCUT2D eigenvalue weighted by Gasteiger charge is -2.26. The Hall–Kier alpha value is -8.41. The fraction of sp³-hybridized carbons (Fsp3) is 0.0172. The van der Waals surface area contributed by atoms with Crippen LogP contribution in [0.1, 0.15) is 5.82 Å². The Morgan fingerprint density at radius 2 is 0.746 bits per heavy atom. The van der Waals surface area contributed by atoms with E-state index in [0.29, 0.717) is 17.5 Å². The van der Waals surface area contributed by atoms with E-state index in [2.05, 4.69) is 215 Å². The monoisotopic (exact) mass is 807 g/mol. The molecule has 0 N–H and O–H groups in total. The van der Waals surface area contributed by atoms with Crippen molar-refractivity contribution in [2.75, 3.05) is 4.90 Å². The molecular formula is C58H41N5. The van der Waals surface area contributed by atoms with Gasteiger partial charge in [-0.15, -0.1) is 0 Å². The summed E-state index contributed by atoms with van der Waals surface area (Å²) in [7, 11) is 0. The number of hydrogen-bond donors (Lipinski definition) is 0. The van der Waals surface area contributed by atoms with Crippen LogP contribution in [-0.2, 0) is 0 Å². The predicted octanol–water partition coefficient (Wildman–Crippen LogP) is 15.1. The minimum Gasteiger partial charge on any atom is -0.311 e. The molecule has 0 saturated heterocycles. The topological polar surface area (TPSA) is 46.8 Å². The van der Waals surface area contributed by atoms with Crippen LogP contribution in [0, 0.1) is 6.92 Å². The van der Waals surface area contributed by atoms with Crippen molar-refractivity contribution in [3.8, 4) is 61.8 Å². The summed E-state index contributed by atoms with van der Waals surface area (Å²) in [6.45, 7) is 1.92. The van der Waals surface area contributed by atoms with Crippen LogP contribution in [0.3, 0.4) is 0 Å². The molecule has 0 unspecified atom stereocenters. The predicted molar refractivity (Wildman–Crippen MR) is 261 cm³/mol. The van der Waals surface area contributed by atoms with Gasteiger partial charge in [0.2, 0.25) is 0 Å². The zero-order chi connectivity index (χ0) is 42.1. The Bertz CT molecular complexity index is 3260. The van der Waals surface area contributed by atoms with Crippen LogP contribution in [0.5, 0.6) is 0 Å². The van der Waals surface area contributed by atoms with E-state index in [0.717, 1.165) is 56.0 Å². The van der Waals surface area contributed by atoms with Gasteiger partial charge < -0.3 is 9.47 Å². The zero-order valence-corrected chi connectivity index (χ0v) is 34.7. The van der Waals surface area contributed by atoms with E-state index in [1.54, 1.807) is 0 Å². The molecule has 0 aliphatic heterocycles. The average Bonchev–Trinajstić information content (AvgIpc) is 3.70. The largest absolute Gasteiger partial charge is 0.311 e. The van der Waals surface area contributed by atoms with Crippen molar-refractivity contribution in [1.29, 1.82) is 0 Å². The summed E-state index contributed by atoms with van der Waals surface area (Å²) in [6.07, 6.45) is 0. The molecule has 2 aromatic heterocycles. The summed E-state index contributed by atoms with van der Waals surface area (Å²) in [4.78, 5) is 16.6. The Morgan fingerprint density at radius 3 is 1.29 bits per heavy atom. The molecule has 0 atom stereocenters. The number of aryl methyl sites for hydroxylation is 1. The van der Waals surface area contributed by atoms with Gasteiger partial charge in [-0.2, -0.15) is 0 Å². The van der Waals surface area contributed by atoms with Crippen LogP contribution in [-0.4, -0.2) is 19.5 Å². The van der Waals surface area contributed by atoms with E-state index < -0.39 is 0 Å². The lowest BCUT2D eigenvalue weighted by atomic mass is 10.0. The van der Waals surface area contributed by atoms with E-state index in [1.165, 1.54) is 33.0 Å². The third-order valence-electron chi connectivity index (χ3n) is 11.8. The Balaban J connectivity index is 0.985. The van der Waals surface area contributed by atoms with Crippen molar-refractivity contribution in [2.24, 2.45) is 0 Å². The maximum atomic E-state index is 4.88. The van der Waals surface area contributed by atoms with Crippen LogP contribution >= 0.6 is 0 Å². The normalized spacial score (nSPS) is 11.3. The van der Waals surface area contributed by atoms with Crippen LogP contribution in [0.15, 0.2) is 231 Å². The molecule has 0 fully saturated rings. The van der Waals surface area contributed by atoms with E-state index in [1.807, 2.05) is 37.3 Å². The standard InChI is InChI=1S/C58H41N5/c1-40-59-57(46-18-9-4-10-19-46)61-58(60-40)47-30-38-51(39-31-47)63-55-23-12-11-20-53(55)54-22-13-21-52(56(54)63)45-28-36-50(37-29-45)62(48-32-24-43(25-33-48)41-14-5-2-6-15-41)49-34-26-44(27-35-49)42-16-7-3-8-17-42/h2-39H,1H3. The third kappa shape index (κ3) is 7.22. The maximum Gasteiger partial charge on any atom is 0.163 e. The second-order valence-electron chi connectivity index (χ2n) is 15.7. The highest BCUT2D eigenvalue weighted by Gasteiger charge is 2.19. The smallest absolute Gasteiger partial charge is 0.163 e. The molecule has 9 aromatic carbocycles. The average molecular weight is 808 g/mol. The SMILES string of the molecule is Cc1nc(-c2ccccc2)nc(-c2ccc(-n3c4ccccc4c4cccc(-c5ccc(N(c6ccc(-c7ccccc7)cc6)c6ccc(-c7ccccc7)cc6)cc5)c43)cc2)n1. The first-order chi connectivity index (χ1) is 31.1. The van der Waals surface area contributed by atoms with Crippen LogP contribution in [0.2, 0.25) is 0 Å². The molecule has 11 rings (SSSR count). The van der Waals surface area contributed by atoms with Gasteiger partial charge in [0.1, 0.15) is 5.82 Å². The lowest BCUT2D eigenvalue weighted by molar-refractivity contribution is 0.991. The van der Waals surface area contributed by atoms with E-state index in [9.17, 15) is 0 Å². The molecule has 5 nitrogen and oxygen atoms in total. The van der Waals surface area contributed by atoms with Gasteiger partial charge in [-0.05, 0) is 101 Å². The van der Waals surface area contributed by atoms with Crippen molar-refractivity contribution in [1.82, 2.24) is 19.5 Å². The summed E-state index contributed by atoms with van der Waals surface area (Å²) >= 11 is 0. The summed E-state index contributed by atoms with van der Waals surface area (Å²) in [5.74, 6) is 2.01. The molecule has 0 radical (unpaired) electrons. The first kappa shape index (κ1) is 37.6. The number of nitrogens with zero attached hydrogens (tertiary/aromatic N) is 5. The third-order valence-corrected chi connectivity index (χ3v) is 11.8. The first-order valence-electron chi connectivity index (χ1n) is 21.3. The van der Waals surface area contributed by atoms with Crippen LogP contribution in [0.4, 0.5) is 17.1 Å². The molecule has 0 aliphatic rings. The van der Waals surface area contributed by atoms with Gasteiger partial charge in [-0.1, -0.05) is 164 Å².